The van der Waals surface area contributed by atoms with E-state index in [2.05, 4.69) is 210 Å². The Kier molecular flexibility index (Phi) is 7.44. The van der Waals surface area contributed by atoms with Gasteiger partial charge in [0.15, 0.2) is 0 Å². The first kappa shape index (κ1) is 31.0. The van der Waals surface area contributed by atoms with Crippen molar-refractivity contribution >= 4 is 65.5 Å². The van der Waals surface area contributed by atoms with Crippen LogP contribution < -0.4 is 36.0 Å². The molecule has 52 heavy (non-hydrogen) atoms. The first-order chi connectivity index (χ1) is 25.7. The first-order valence-corrected chi connectivity index (χ1v) is 19.8. The number of fused-ring (bicyclic) bond motifs is 12. The van der Waals surface area contributed by atoms with Crippen LogP contribution >= 0.6 is 0 Å². The molecule has 7 aromatic carbocycles. The van der Waals surface area contributed by atoms with Gasteiger partial charge in [0.2, 0.25) is 0 Å². The third-order valence-electron chi connectivity index (χ3n) is 10.2. The molecule has 0 radical (unpaired) electrons. The minimum absolute atomic E-state index is 0.168. The molecule has 6 heteroatoms. The summed E-state index contributed by atoms with van der Waals surface area (Å²) in [5, 5.41) is 0. The Morgan fingerprint density at radius 3 is 1.29 bits per heavy atom. The third kappa shape index (κ3) is 4.87. The van der Waals surface area contributed by atoms with Gasteiger partial charge in [-0.2, -0.15) is 0 Å². The summed E-state index contributed by atoms with van der Waals surface area (Å²) in [4.78, 5) is 9.72. The number of benzene rings is 7. The molecule has 10 rings (SSSR count). The summed E-state index contributed by atoms with van der Waals surface area (Å²) < 4.78 is 2.58. The summed E-state index contributed by atoms with van der Waals surface area (Å²) in [7, 11) is 4.43. The van der Waals surface area contributed by atoms with Crippen molar-refractivity contribution in [1.29, 1.82) is 0 Å². The average Bonchev–Trinajstić information content (AvgIpc) is 3.65. The van der Waals surface area contributed by atoms with E-state index >= 15 is 0 Å². The van der Waals surface area contributed by atoms with Crippen molar-refractivity contribution in [3.05, 3.63) is 176 Å². The van der Waals surface area contributed by atoms with Crippen molar-refractivity contribution in [1.82, 2.24) is 0 Å². The molecule has 4 bridgehead atoms. The van der Waals surface area contributed by atoms with Gasteiger partial charge in [0.05, 0.1) is 0 Å². The Bertz CT molecular complexity index is 2410. The van der Waals surface area contributed by atoms with E-state index in [0.717, 1.165) is 22.3 Å². The fraction of sp³-hybridized carbons (Fsp3) is 0.0435. The molecule has 7 aromatic rings. The molecule has 0 aliphatic carbocycles. The van der Waals surface area contributed by atoms with Crippen molar-refractivity contribution in [2.45, 2.75) is 0 Å². The van der Waals surface area contributed by atoms with Crippen LogP contribution in [0.5, 0.6) is 0 Å². The van der Waals surface area contributed by atoms with E-state index in [0.29, 0.717) is 0 Å². The maximum atomic E-state index is 4.04. The predicted molar refractivity (Wildman–Crippen MR) is 217 cm³/mol. The van der Waals surface area contributed by atoms with Crippen LogP contribution in [0.15, 0.2) is 164 Å². The second-order valence-corrected chi connectivity index (χ2v) is 15.8. The number of anilines is 6. The SMILES string of the molecule is CN1[C]2=[Pt]=[C]3N(C)c4ccccc4N3c3[c-]c(ccc3)B(c3c(-c4ccccc4)cccc3-c3ccccc3)c3[c-]c(ccc3)N2c2ccccc21. The van der Waals surface area contributed by atoms with Gasteiger partial charge in [-0.05, 0) is 0 Å². The quantitative estimate of drug-likeness (QED) is 0.134. The van der Waals surface area contributed by atoms with E-state index in [9.17, 15) is 0 Å². The molecule has 4 nitrogen and oxygen atoms in total. The van der Waals surface area contributed by atoms with E-state index in [1.165, 1.54) is 58.8 Å². The Morgan fingerprint density at radius 2 is 0.827 bits per heavy atom. The van der Waals surface area contributed by atoms with Crippen LogP contribution in [0.2, 0.25) is 0 Å². The minimum atomic E-state index is -0.727. The van der Waals surface area contributed by atoms with E-state index in [1.54, 1.807) is 0 Å². The normalized spacial score (nSPS) is 14.5. The molecule has 3 aliphatic rings. The first-order valence-electron chi connectivity index (χ1n) is 17.5. The molecule has 0 atom stereocenters. The summed E-state index contributed by atoms with van der Waals surface area (Å²) in [6, 6.07) is 67.4. The monoisotopic (exact) mass is 847 g/mol. The molecule has 0 N–H and O–H groups in total. The van der Waals surface area contributed by atoms with Crippen LogP contribution in [0.1, 0.15) is 0 Å². The van der Waals surface area contributed by atoms with Crippen LogP contribution in [0.3, 0.4) is 0 Å². The van der Waals surface area contributed by atoms with Gasteiger partial charge in [0, 0.05) is 0 Å². The van der Waals surface area contributed by atoms with Crippen molar-refractivity contribution in [3.63, 3.8) is 0 Å². The van der Waals surface area contributed by atoms with Gasteiger partial charge in [-0.3, -0.25) is 0 Å². The Balaban J connectivity index is 1.33. The Labute approximate surface area is 313 Å². The molecule has 3 heterocycles. The topological polar surface area (TPSA) is 13.0 Å². The molecular weight excluding hydrogens is 814 g/mol. The van der Waals surface area contributed by atoms with Crippen molar-refractivity contribution < 1.29 is 17.6 Å². The van der Waals surface area contributed by atoms with Gasteiger partial charge >= 0.3 is 315 Å². The zero-order valence-electron chi connectivity index (χ0n) is 28.8. The number of rotatable bonds is 3. The van der Waals surface area contributed by atoms with Crippen molar-refractivity contribution in [2.75, 3.05) is 33.7 Å². The van der Waals surface area contributed by atoms with E-state index < -0.39 is 17.6 Å². The van der Waals surface area contributed by atoms with E-state index in [1.807, 2.05) is 0 Å². The van der Waals surface area contributed by atoms with Crippen molar-refractivity contribution in [3.8, 4) is 22.3 Å². The van der Waals surface area contributed by atoms with Gasteiger partial charge in [0.1, 0.15) is 0 Å². The van der Waals surface area contributed by atoms with Crippen LogP contribution in [-0.4, -0.2) is 29.1 Å². The number of para-hydroxylation sites is 4. The van der Waals surface area contributed by atoms with Crippen LogP contribution in [0.25, 0.3) is 22.3 Å². The molecule has 0 fully saturated rings. The van der Waals surface area contributed by atoms with Gasteiger partial charge in [0.25, 0.3) is 0 Å². The molecule has 0 saturated heterocycles. The molecule has 0 saturated carbocycles. The molecule has 3 aliphatic heterocycles. The summed E-state index contributed by atoms with van der Waals surface area (Å²) >= 11 is -0.727. The Hall–Kier alpha value is -5.77. The fourth-order valence-electron chi connectivity index (χ4n) is 7.86. The number of nitrogens with zero attached hydrogens (tertiary/aromatic N) is 4. The summed E-state index contributed by atoms with van der Waals surface area (Å²) in [6.45, 7) is -0.168. The Morgan fingerprint density at radius 1 is 0.423 bits per heavy atom. The zero-order chi connectivity index (χ0) is 34.8. The summed E-state index contributed by atoms with van der Waals surface area (Å²) in [5.41, 5.74) is 15.2. The second-order valence-electron chi connectivity index (χ2n) is 13.2. The van der Waals surface area contributed by atoms with Gasteiger partial charge < -0.3 is 0 Å². The molecule has 0 aromatic heterocycles. The third-order valence-corrected chi connectivity index (χ3v) is 13.8. The maximum absolute atomic E-state index is 4.04. The number of hydrogen-bond acceptors (Lipinski definition) is 4. The van der Waals surface area contributed by atoms with Crippen molar-refractivity contribution in [2.24, 2.45) is 0 Å². The second kappa shape index (κ2) is 12.5. The molecular formula is C46H33BN4Pt-2. The van der Waals surface area contributed by atoms with E-state index in [4.69, 9.17) is 0 Å². The standard InChI is InChI=1S/C46H33BN4.Pt/c1-48-32-50(44-28-11-9-26-42(44)48)38-22-13-20-36(30-38)47(37-21-14-23-39(31-37)51-33-49(2)43-27-10-12-29-45(43)51)46-40(34-16-5-3-6-17-34)24-15-25-41(46)35-18-7-4-8-19-35;/h3-29H,1-2H3;/q-2;. The van der Waals surface area contributed by atoms with Crippen LogP contribution in [0.4, 0.5) is 34.1 Å². The number of hydrogen-bond donors (Lipinski definition) is 0. The fourth-order valence-corrected chi connectivity index (χ4v) is 11.2. The predicted octanol–water partition coefficient (Wildman–Crippen LogP) is 7.58. The van der Waals surface area contributed by atoms with Crippen LogP contribution in [-0.2, 0) is 17.6 Å². The van der Waals surface area contributed by atoms with E-state index in [-0.39, 0.29) is 6.71 Å². The average molecular weight is 848 g/mol. The van der Waals surface area contributed by atoms with Gasteiger partial charge in [-0.25, -0.2) is 0 Å². The van der Waals surface area contributed by atoms with Crippen LogP contribution in [0, 0.1) is 12.1 Å². The molecule has 0 amide bonds. The zero-order valence-corrected chi connectivity index (χ0v) is 31.0. The molecule has 0 unspecified atom stereocenters. The molecule has 252 valence electrons. The van der Waals surface area contributed by atoms with Gasteiger partial charge in [-0.1, -0.05) is 0 Å². The van der Waals surface area contributed by atoms with Gasteiger partial charge in [-0.15, -0.1) is 0 Å². The molecule has 0 spiro atoms. The summed E-state index contributed by atoms with van der Waals surface area (Å²) in [6.07, 6.45) is 0. The summed E-state index contributed by atoms with van der Waals surface area (Å²) in [5.74, 6) is 0.